The van der Waals surface area contributed by atoms with Crippen LogP contribution in [-0.4, -0.2) is 54.4 Å². The van der Waals surface area contributed by atoms with Crippen molar-refractivity contribution in [1.29, 1.82) is 0 Å². The van der Waals surface area contributed by atoms with E-state index < -0.39 is 0 Å². The van der Waals surface area contributed by atoms with Crippen LogP contribution in [-0.2, 0) is 4.79 Å². The summed E-state index contributed by atoms with van der Waals surface area (Å²) < 4.78 is 0. The Labute approximate surface area is 104 Å². The fraction of sp³-hybridized carbons (Fsp3) is 0.833. The summed E-state index contributed by atoms with van der Waals surface area (Å²) in [6.07, 6.45) is 3.45. The second-order valence-corrected chi connectivity index (χ2v) is 4.29. The zero-order valence-electron chi connectivity index (χ0n) is 11.0. The van der Waals surface area contributed by atoms with Crippen LogP contribution in [0.5, 0.6) is 0 Å². The zero-order valence-corrected chi connectivity index (χ0v) is 11.0. The van der Waals surface area contributed by atoms with Gasteiger partial charge in [0, 0.05) is 26.2 Å². The van der Waals surface area contributed by atoms with Gasteiger partial charge < -0.3 is 15.5 Å². The molecule has 1 amide bonds. The van der Waals surface area contributed by atoms with Crippen molar-refractivity contribution in [1.82, 2.24) is 9.80 Å². The molecule has 0 saturated carbocycles. The van der Waals surface area contributed by atoms with Gasteiger partial charge >= 0.3 is 0 Å². The van der Waals surface area contributed by atoms with E-state index in [1.807, 2.05) is 23.6 Å². The van der Waals surface area contributed by atoms with Crippen LogP contribution in [0.1, 0.15) is 33.1 Å². The summed E-state index contributed by atoms with van der Waals surface area (Å²) in [5.74, 6) is 0.570. The number of nitrogens with zero attached hydrogens (tertiary/aromatic N) is 3. The number of hydrogen-bond donors (Lipinski definition) is 1. The number of aliphatic imine (C=N–C) groups is 1. The second-order valence-electron chi connectivity index (χ2n) is 4.29. The van der Waals surface area contributed by atoms with Gasteiger partial charge in [0.25, 0.3) is 0 Å². The van der Waals surface area contributed by atoms with Crippen molar-refractivity contribution in [2.75, 3.05) is 32.7 Å². The Kier molecular flexibility index (Phi) is 5.80. The molecule has 1 rings (SSSR count). The average molecular weight is 240 g/mol. The fourth-order valence-electron chi connectivity index (χ4n) is 2.04. The molecule has 0 aromatic carbocycles. The smallest absolute Gasteiger partial charge is 0.244 e. The molecule has 0 bridgehead atoms. The first kappa shape index (κ1) is 13.8. The van der Waals surface area contributed by atoms with Gasteiger partial charge in [0.15, 0.2) is 5.96 Å². The lowest BCUT2D eigenvalue weighted by Gasteiger charge is -2.26. The first-order valence-corrected chi connectivity index (χ1v) is 6.51. The number of carbonyl (C=O) groups is 1. The van der Waals surface area contributed by atoms with Crippen molar-refractivity contribution in [2.24, 2.45) is 10.7 Å². The zero-order chi connectivity index (χ0) is 12.7. The fourth-order valence-corrected chi connectivity index (χ4v) is 2.04. The normalized spacial score (nSPS) is 17.1. The van der Waals surface area contributed by atoms with E-state index >= 15 is 0 Å². The number of hydrogen-bond acceptors (Lipinski definition) is 2. The van der Waals surface area contributed by atoms with E-state index in [0.717, 1.165) is 39.0 Å². The summed E-state index contributed by atoms with van der Waals surface area (Å²) in [4.78, 5) is 19.9. The predicted octanol–water partition coefficient (Wildman–Crippen LogP) is 0.655. The molecule has 1 aliphatic rings. The highest BCUT2D eigenvalue weighted by Gasteiger charge is 2.15. The molecule has 2 N–H and O–H groups in total. The summed E-state index contributed by atoms with van der Waals surface area (Å²) in [5, 5.41) is 0. The van der Waals surface area contributed by atoms with Crippen LogP contribution in [0.2, 0.25) is 0 Å². The van der Waals surface area contributed by atoms with Gasteiger partial charge in [-0.3, -0.25) is 4.79 Å². The van der Waals surface area contributed by atoms with E-state index in [1.165, 1.54) is 6.42 Å². The Morgan fingerprint density at radius 3 is 2.35 bits per heavy atom. The van der Waals surface area contributed by atoms with Gasteiger partial charge in [0.2, 0.25) is 5.91 Å². The van der Waals surface area contributed by atoms with Crippen LogP contribution in [0, 0.1) is 0 Å². The molecule has 0 unspecified atom stereocenters. The van der Waals surface area contributed by atoms with Gasteiger partial charge in [0.1, 0.15) is 6.54 Å². The third-order valence-corrected chi connectivity index (χ3v) is 3.17. The third kappa shape index (κ3) is 4.24. The van der Waals surface area contributed by atoms with E-state index in [9.17, 15) is 4.79 Å². The van der Waals surface area contributed by atoms with Crippen molar-refractivity contribution in [3.8, 4) is 0 Å². The molecule has 98 valence electrons. The minimum atomic E-state index is 0.0970. The van der Waals surface area contributed by atoms with Crippen molar-refractivity contribution >= 4 is 11.9 Å². The van der Waals surface area contributed by atoms with Crippen molar-refractivity contribution in [3.63, 3.8) is 0 Å². The van der Waals surface area contributed by atoms with E-state index in [1.54, 1.807) is 0 Å². The summed E-state index contributed by atoms with van der Waals surface area (Å²) >= 11 is 0. The number of carbonyl (C=O) groups excluding carboxylic acids is 1. The number of nitrogens with two attached hydrogens (primary N) is 1. The maximum absolute atomic E-state index is 11.8. The molecule has 0 aromatic rings. The molecule has 17 heavy (non-hydrogen) atoms. The monoisotopic (exact) mass is 240 g/mol. The van der Waals surface area contributed by atoms with Gasteiger partial charge in [0.05, 0.1) is 0 Å². The van der Waals surface area contributed by atoms with Crippen LogP contribution in [0.3, 0.4) is 0 Å². The number of guanidine groups is 1. The molecule has 0 radical (unpaired) electrons. The lowest BCUT2D eigenvalue weighted by atomic mass is 10.1. The third-order valence-electron chi connectivity index (χ3n) is 3.17. The number of amides is 1. The van der Waals surface area contributed by atoms with Gasteiger partial charge in [-0.25, -0.2) is 4.99 Å². The maximum Gasteiger partial charge on any atom is 0.244 e. The highest BCUT2D eigenvalue weighted by atomic mass is 16.2. The Morgan fingerprint density at radius 2 is 1.82 bits per heavy atom. The molecule has 1 aliphatic heterocycles. The molecule has 0 aromatic heterocycles. The molecular weight excluding hydrogens is 216 g/mol. The Hall–Kier alpha value is -1.26. The highest BCUT2D eigenvalue weighted by Crippen LogP contribution is 2.08. The summed E-state index contributed by atoms with van der Waals surface area (Å²) in [6, 6.07) is 0. The Bertz CT molecular complexity index is 268. The average Bonchev–Trinajstić information content (AvgIpc) is 2.38. The lowest BCUT2D eigenvalue weighted by Crippen LogP contribution is -2.40. The molecule has 5 heteroatoms. The molecule has 1 saturated heterocycles. The largest absolute Gasteiger partial charge is 0.370 e. The molecule has 5 nitrogen and oxygen atoms in total. The SMILES string of the molecule is CCN(CC)C(N)=NCC(=O)N1CCCCC1. The van der Waals surface area contributed by atoms with Crippen LogP contribution in [0.15, 0.2) is 4.99 Å². The van der Waals surface area contributed by atoms with Crippen LogP contribution in [0.4, 0.5) is 0 Å². The van der Waals surface area contributed by atoms with Crippen LogP contribution in [0.25, 0.3) is 0 Å². The lowest BCUT2D eigenvalue weighted by molar-refractivity contribution is -0.130. The van der Waals surface area contributed by atoms with E-state index in [2.05, 4.69) is 4.99 Å². The first-order valence-electron chi connectivity index (χ1n) is 6.51. The topological polar surface area (TPSA) is 61.9 Å². The number of piperidine rings is 1. The first-order chi connectivity index (χ1) is 8.19. The van der Waals surface area contributed by atoms with Gasteiger partial charge in [-0.15, -0.1) is 0 Å². The predicted molar refractivity (Wildman–Crippen MR) is 69.8 cm³/mol. The summed E-state index contributed by atoms with van der Waals surface area (Å²) in [6.45, 7) is 7.63. The molecular formula is C12H24N4O. The van der Waals surface area contributed by atoms with Crippen LogP contribution >= 0.6 is 0 Å². The quantitative estimate of drug-likeness (QED) is 0.580. The Balaban J connectivity index is 2.42. The summed E-state index contributed by atoms with van der Waals surface area (Å²) in [7, 11) is 0. The number of rotatable bonds is 4. The summed E-state index contributed by atoms with van der Waals surface area (Å²) in [5.41, 5.74) is 5.82. The Morgan fingerprint density at radius 1 is 1.24 bits per heavy atom. The van der Waals surface area contributed by atoms with E-state index in [-0.39, 0.29) is 12.5 Å². The molecule has 0 spiro atoms. The minimum Gasteiger partial charge on any atom is -0.370 e. The molecule has 1 fully saturated rings. The van der Waals surface area contributed by atoms with E-state index in [4.69, 9.17) is 5.73 Å². The van der Waals surface area contributed by atoms with Gasteiger partial charge in [-0.05, 0) is 33.1 Å². The van der Waals surface area contributed by atoms with Crippen LogP contribution < -0.4 is 5.73 Å². The maximum atomic E-state index is 11.8. The molecule has 0 atom stereocenters. The minimum absolute atomic E-state index is 0.0970. The second kappa shape index (κ2) is 7.14. The van der Waals surface area contributed by atoms with Gasteiger partial charge in [-0.1, -0.05) is 0 Å². The van der Waals surface area contributed by atoms with Crippen molar-refractivity contribution in [2.45, 2.75) is 33.1 Å². The highest BCUT2D eigenvalue weighted by molar-refractivity contribution is 5.84. The standard InChI is InChI=1S/C12H24N4O/c1-3-15(4-2)12(13)14-10-11(17)16-8-6-5-7-9-16/h3-10H2,1-2H3,(H2,13,14). The van der Waals surface area contributed by atoms with Crippen molar-refractivity contribution in [3.05, 3.63) is 0 Å². The molecule has 0 aliphatic carbocycles. The van der Waals surface area contributed by atoms with Crippen molar-refractivity contribution < 1.29 is 4.79 Å². The van der Waals surface area contributed by atoms with Gasteiger partial charge in [-0.2, -0.15) is 0 Å². The number of likely N-dealkylation sites (tertiary alicyclic amines) is 1. The molecule has 1 heterocycles. The van der Waals surface area contributed by atoms with E-state index in [0.29, 0.717) is 5.96 Å².